The minimum Gasteiger partial charge on any atom is -0.311 e. The van der Waals surface area contributed by atoms with Gasteiger partial charge in [-0.1, -0.05) is 40.0 Å². The van der Waals surface area contributed by atoms with Crippen molar-refractivity contribution in [2.24, 2.45) is 17.8 Å². The van der Waals surface area contributed by atoms with Gasteiger partial charge in [-0.2, -0.15) is 0 Å². The second kappa shape index (κ2) is 5.08. The second-order valence-corrected chi connectivity index (χ2v) is 6.68. The third-order valence-corrected chi connectivity index (χ3v) is 5.08. The van der Waals surface area contributed by atoms with Crippen LogP contribution in [0.15, 0.2) is 0 Å². The maximum absolute atomic E-state index is 3.83. The molecule has 1 heterocycles. The first-order valence-electron chi connectivity index (χ1n) is 7.37. The number of hydrogen-bond acceptors (Lipinski definition) is 1. The average Bonchev–Trinajstić information content (AvgIpc) is 2.67. The van der Waals surface area contributed by atoms with Crippen LogP contribution >= 0.6 is 0 Å². The minimum atomic E-state index is 0.488. The molecule has 1 saturated heterocycles. The summed E-state index contributed by atoms with van der Waals surface area (Å²) in [4.78, 5) is 0. The third kappa shape index (κ3) is 2.61. The van der Waals surface area contributed by atoms with Gasteiger partial charge >= 0.3 is 0 Å². The highest BCUT2D eigenvalue weighted by molar-refractivity contribution is 4.97. The van der Waals surface area contributed by atoms with Crippen molar-refractivity contribution >= 4 is 0 Å². The quantitative estimate of drug-likeness (QED) is 0.763. The molecular weight excluding hydrogens is 194 g/mol. The average molecular weight is 223 g/mol. The van der Waals surface area contributed by atoms with Crippen LogP contribution in [0.25, 0.3) is 0 Å². The number of hydrogen-bond donors (Lipinski definition) is 1. The van der Waals surface area contributed by atoms with Crippen LogP contribution in [-0.2, 0) is 0 Å². The van der Waals surface area contributed by atoms with Gasteiger partial charge in [-0.3, -0.25) is 0 Å². The Morgan fingerprint density at radius 3 is 2.62 bits per heavy atom. The molecule has 3 atom stereocenters. The van der Waals surface area contributed by atoms with Crippen molar-refractivity contribution in [3.05, 3.63) is 0 Å². The highest BCUT2D eigenvalue weighted by Crippen LogP contribution is 2.39. The van der Waals surface area contributed by atoms with E-state index in [9.17, 15) is 0 Å². The predicted octanol–water partition coefficient (Wildman–Crippen LogP) is 3.98. The molecule has 0 spiro atoms. The van der Waals surface area contributed by atoms with E-state index in [1.807, 2.05) is 0 Å². The molecule has 1 saturated carbocycles. The molecule has 0 aromatic rings. The monoisotopic (exact) mass is 223 g/mol. The Balaban J connectivity index is 1.95. The maximum atomic E-state index is 3.83. The standard InChI is InChI=1S/C15H29N/c1-12(2)15(8-5-9-16-15)11-14-7-4-6-13(3)10-14/h12-14,16H,4-11H2,1-3H3. The summed E-state index contributed by atoms with van der Waals surface area (Å²) in [5.74, 6) is 2.77. The molecule has 16 heavy (non-hydrogen) atoms. The molecule has 1 aliphatic heterocycles. The van der Waals surface area contributed by atoms with Crippen LogP contribution in [0.4, 0.5) is 0 Å². The lowest BCUT2D eigenvalue weighted by molar-refractivity contribution is 0.167. The van der Waals surface area contributed by atoms with Crippen molar-refractivity contribution in [3.8, 4) is 0 Å². The lowest BCUT2D eigenvalue weighted by Gasteiger charge is -2.39. The van der Waals surface area contributed by atoms with E-state index in [4.69, 9.17) is 0 Å². The van der Waals surface area contributed by atoms with Gasteiger partial charge in [0.1, 0.15) is 0 Å². The fourth-order valence-corrected chi connectivity index (χ4v) is 3.99. The molecule has 1 N–H and O–H groups in total. The van der Waals surface area contributed by atoms with E-state index < -0.39 is 0 Å². The molecule has 1 aliphatic carbocycles. The normalized spacial score (nSPS) is 40.5. The Bertz CT molecular complexity index is 215. The van der Waals surface area contributed by atoms with E-state index in [0.717, 1.165) is 17.8 Å². The molecule has 1 nitrogen and oxygen atoms in total. The van der Waals surface area contributed by atoms with Gasteiger partial charge in [0.25, 0.3) is 0 Å². The molecule has 2 rings (SSSR count). The first kappa shape index (κ1) is 12.4. The zero-order valence-electron chi connectivity index (χ0n) is 11.4. The Labute approximate surface area is 101 Å². The van der Waals surface area contributed by atoms with Crippen molar-refractivity contribution < 1.29 is 0 Å². The fourth-order valence-electron chi connectivity index (χ4n) is 3.99. The van der Waals surface area contributed by atoms with Crippen LogP contribution in [0.5, 0.6) is 0 Å². The van der Waals surface area contributed by atoms with Gasteiger partial charge in [0.05, 0.1) is 0 Å². The summed E-state index contributed by atoms with van der Waals surface area (Å²) < 4.78 is 0. The van der Waals surface area contributed by atoms with E-state index >= 15 is 0 Å². The minimum absolute atomic E-state index is 0.488. The van der Waals surface area contributed by atoms with Crippen molar-refractivity contribution in [1.29, 1.82) is 0 Å². The van der Waals surface area contributed by atoms with Crippen molar-refractivity contribution in [1.82, 2.24) is 5.32 Å². The van der Waals surface area contributed by atoms with Crippen LogP contribution < -0.4 is 5.32 Å². The van der Waals surface area contributed by atoms with Crippen LogP contribution in [0.3, 0.4) is 0 Å². The van der Waals surface area contributed by atoms with Crippen molar-refractivity contribution in [2.75, 3.05) is 6.54 Å². The Kier molecular flexibility index (Phi) is 3.94. The molecule has 0 bridgehead atoms. The van der Waals surface area contributed by atoms with Gasteiger partial charge in [0.15, 0.2) is 0 Å². The molecule has 3 unspecified atom stereocenters. The summed E-state index contributed by atoms with van der Waals surface area (Å²) in [6.45, 7) is 8.51. The highest BCUT2D eigenvalue weighted by Gasteiger charge is 2.38. The summed E-state index contributed by atoms with van der Waals surface area (Å²) in [5, 5.41) is 3.83. The Morgan fingerprint density at radius 2 is 2.06 bits per heavy atom. The van der Waals surface area contributed by atoms with E-state index in [0.29, 0.717) is 5.54 Å². The maximum Gasteiger partial charge on any atom is 0.0207 e. The Morgan fingerprint density at radius 1 is 1.25 bits per heavy atom. The molecule has 0 radical (unpaired) electrons. The van der Waals surface area contributed by atoms with Crippen LogP contribution in [0.1, 0.15) is 65.7 Å². The van der Waals surface area contributed by atoms with Crippen molar-refractivity contribution in [3.63, 3.8) is 0 Å². The summed E-state index contributed by atoms with van der Waals surface area (Å²) in [7, 11) is 0. The zero-order valence-corrected chi connectivity index (χ0v) is 11.4. The molecule has 2 fully saturated rings. The van der Waals surface area contributed by atoms with Crippen LogP contribution in [-0.4, -0.2) is 12.1 Å². The van der Waals surface area contributed by atoms with Gasteiger partial charge in [0, 0.05) is 5.54 Å². The van der Waals surface area contributed by atoms with E-state index in [-0.39, 0.29) is 0 Å². The van der Waals surface area contributed by atoms with Crippen LogP contribution in [0, 0.1) is 17.8 Å². The second-order valence-electron chi connectivity index (χ2n) is 6.68. The van der Waals surface area contributed by atoms with Gasteiger partial charge in [-0.25, -0.2) is 0 Å². The van der Waals surface area contributed by atoms with Gasteiger partial charge < -0.3 is 5.32 Å². The summed E-state index contributed by atoms with van der Waals surface area (Å²) in [5.41, 5.74) is 0.488. The lowest BCUT2D eigenvalue weighted by Crippen LogP contribution is -2.46. The molecule has 94 valence electrons. The van der Waals surface area contributed by atoms with Crippen molar-refractivity contribution in [2.45, 2.75) is 71.3 Å². The van der Waals surface area contributed by atoms with Crippen LogP contribution in [0.2, 0.25) is 0 Å². The first-order chi connectivity index (χ1) is 7.62. The van der Waals surface area contributed by atoms with Gasteiger partial charge in [-0.15, -0.1) is 0 Å². The molecule has 0 amide bonds. The lowest BCUT2D eigenvalue weighted by atomic mass is 9.71. The summed E-state index contributed by atoms with van der Waals surface area (Å²) in [6, 6.07) is 0. The summed E-state index contributed by atoms with van der Waals surface area (Å²) >= 11 is 0. The number of rotatable bonds is 3. The van der Waals surface area contributed by atoms with E-state index in [1.165, 1.54) is 51.5 Å². The molecule has 0 aromatic heterocycles. The molecule has 2 aliphatic rings. The molecule has 1 heteroatoms. The highest BCUT2D eigenvalue weighted by atomic mass is 15.0. The van der Waals surface area contributed by atoms with E-state index in [2.05, 4.69) is 26.1 Å². The predicted molar refractivity (Wildman–Crippen MR) is 70.5 cm³/mol. The summed E-state index contributed by atoms with van der Waals surface area (Å²) in [6.07, 6.45) is 10.2. The third-order valence-electron chi connectivity index (χ3n) is 5.08. The Hall–Kier alpha value is -0.0400. The zero-order chi connectivity index (χ0) is 11.6. The fraction of sp³-hybridized carbons (Fsp3) is 1.00. The first-order valence-corrected chi connectivity index (χ1v) is 7.37. The van der Waals surface area contributed by atoms with E-state index in [1.54, 1.807) is 0 Å². The largest absolute Gasteiger partial charge is 0.311 e. The molecular formula is C15H29N. The topological polar surface area (TPSA) is 12.0 Å². The smallest absolute Gasteiger partial charge is 0.0207 e. The van der Waals surface area contributed by atoms with Gasteiger partial charge in [0.2, 0.25) is 0 Å². The molecule has 0 aromatic carbocycles. The number of nitrogens with one attached hydrogen (secondary N) is 1. The SMILES string of the molecule is CC1CCCC(CC2(C(C)C)CCCN2)C1. The van der Waals surface area contributed by atoms with Gasteiger partial charge in [-0.05, 0) is 50.0 Å².